The van der Waals surface area contributed by atoms with Gasteiger partial charge in [-0.25, -0.2) is 4.39 Å². The van der Waals surface area contributed by atoms with Crippen LogP contribution in [0.2, 0.25) is 0 Å². The number of hydrogen-bond donors (Lipinski definition) is 1. The Hall–Kier alpha value is -2.36. The van der Waals surface area contributed by atoms with Crippen LogP contribution < -0.4 is 10.1 Å². The zero-order valence-electron chi connectivity index (χ0n) is 12.1. The zero-order chi connectivity index (χ0) is 15.2. The smallest absolute Gasteiger partial charge is 0.251 e. The summed E-state index contributed by atoms with van der Waals surface area (Å²) in [5, 5.41) is 2.79. The first kappa shape index (κ1) is 15.0. The normalized spacial score (nSPS) is 10.5. The third-order valence-corrected chi connectivity index (χ3v) is 2.85. The Balaban J connectivity index is 1.90. The molecule has 21 heavy (non-hydrogen) atoms. The van der Waals surface area contributed by atoms with Crippen molar-refractivity contribution in [1.82, 2.24) is 5.32 Å². The van der Waals surface area contributed by atoms with E-state index in [1.165, 1.54) is 24.3 Å². The molecule has 0 aliphatic rings. The minimum Gasteiger partial charge on any atom is -0.491 e. The lowest BCUT2D eigenvalue weighted by atomic mass is 10.2. The summed E-state index contributed by atoms with van der Waals surface area (Å²) in [5.74, 6) is 0.225. The SMILES string of the molecule is CC(C)Oc1ccc(CNC(=O)c2ccc(F)cc2)cc1. The summed E-state index contributed by atoms with van der Waals surface area (Å²) in [6.07, 6.45) is 0.133. The van der Waals surface area contributed by atoms with Gasteiger partial charge in [0.25, 0.3) is 5.91 Å². The first-order valence-electron chi connectivity index (χ1n) is 6.84. The standard InChI is InChI=1S/C17H18FNO2/c1-12(2)21-16-9-3-13(4-10-16)11-19-17(20)14-5-7-15(18)8-6-14/h3-10,12H,11H2,1-2H3,(H,19,20). The van der Waals surface area contributed by atoms with Crippen molar-refractivity contribution in [3.05, 3.63) is 65.5 Å². The van der Waals surface area contributed by atoms with Crippen molar-refractivity contribution in [2.24, 2.45) is 0 Å². The molecule has 0 atom stereocenters. The Morgan fingerprint density at radius 1 is 1.10 bits per heavy atom. The van der Waals surface area contributed by atoms with Crippen LogP contribution in [-0.4, -0.2) is 12.0 Å². The Kier molecular flexibility index (Phi) is 4.93. The Morgan fingerprint density at radius 2 is 1.71 bits per heavy atom. The molecule has 0 aromatic heterocycles. The van der Waals surface area contributed by atoms with Gasteiger partial charge in [0, 0.05) is 12.1 Å². The van der Waals surface area contributed by atoms with Gasteiger partial charge in [-0.05, 0) is 55.8 Å². The number of halogens is 1. The largest absolute Gasteiger partial charge is 0.491 e. The quantitative estimate of drug-likeness (QED) is 0.913. The van der Waals surface area contributed by atoms with Crippen LogP contribution in [0.4, 0.5) is 4.39 Å². The van der Waals surface area contributed by atoms with Gasteiger partial charge in [-0.3, -0.25) is 4.79 Å². The molecule has 0 heterocycles. The summed E-state index contributed by atoms with van der Waals surface area (Å²) in [4.78, 5) is 11.9. The second kappa shape index (κ2) is 6.88. The predicted octanol–water partition coefficient (Wildman–Crippen LogP) is 3.54. The van der Waals surface area contributed by atoms with Crippen LogP contribution in [-0.2, 0) is 6.54 Å². The first-order valence-corrected chi connectivity index (χ1v) is 6.84. The van der Waals surface area contributed by atoms with E-state index in [1.807, 2.05) is 38.1 Å². The van der Waals surface area contributed by atoms with E-state index in [0.717, 1.165) is 11.3 Å². The molecule has 0 radical (unpaired) electrons. The molecule has 2 rings (SSSR count). The molecule has 4 heteroatoms. The molecular weight excluding hydrogens is 269 g/mol. The number of nitrogens with one attached hydrogen (secondary N) is 1. The van der Waals surface area contributed by atoms with E-state index in [1.54, 1.807) is 0 Å². The number of hydrogen-bond acceptors (Lipinski definition) is 2. The number of rotatable bonds is 5. The van der Waals surface area contributed by atoms with Gasteiger partial charge in [0.15, 0.2) is 0 Å². The molecule has 0 spiro atoms. The van der Waals surface area contributed by atoms with Crippen molar-refractivity contribution in [2.75, 3.05) is 0 Å². The van der Waals surface area contributed by atoms with Crippen LogP contribution >= 0.6 is 0 Å². The van der Waals surface area contributed by atoms with E-state index in [4.69, 9.17) is 4.74 Å². The molecule has 2 aromatic carbocycles. The topological polar surface area (TPSA) is 38.3 Å². The van der Waals surface area contributed by atoms with Gasteiger partial charge in [0.05, 0.1) is 6.10 Å². The van der Waals surface area contributed by atoms with Crippen LogP contribution in [0, 0.1) is 5.82 Å². The Morgan fingerprint density at radius 3 is 2.29 bits per heavy atom. The van der Waals surface area contributed by atoms with E-state index >= 15 is 0 Å². The van der Waals surface area contributed by atoms with Gasteiger partial charge in [0.1, 0.15) is 11.6 Å². The minimum absolute atomic E-state index is 0.133. The maximum atomic E-state index is 12.8. The van der Waals surface area contributed by atoms with Crippen LogP contribution in [0.1, 0.15) is 29.8 Å². The fraction of sp³-hybridized carbons (Fsp3) is 0.235. The van der Waals surface area contributed by atoms with Crippen molar-refractivity contribution >= 4 is 5.91 Å². The van der Waals surface area contributed by atoms with Gasteiger partial charge in [-0.15, -0.1) is 0 Å². The van der Waals surface area contributed by atoms with Gasteiger partial charge >= 0.3 is 0 Å². The van der Waals surface area contributed by atoms with Crippen molar-refractivity contribution in [2.45, 2.75) is 26.5 Å². The van der Waals surface area contributed by atoms with Crippen molar-refractivity contribution in [3.63, 3.8) is 0 Å². The molecular formula is C17H18FNO2. The summed E-state index contributed by atoms with van der Waals surface area (Å²) in [5.41, 5.74) is 1.41. The Bertz CT molecular complexity index is 591. The number of carbonyl (C=O) groups is 1. The van der Waals surface area contributed by atoms with E-state index in [-0.39, 0.29) is 17.8 Å². The Labute approximate surface area is 123 Å². The van der Waals surface area contributed by atoms with Gasteiger partial charge in [-0.1, -0.05) is 12.1 Å². The summed E-state index contributed by atoms with van der Waals surface area (Å²) in [7, 11) is 0. The van der Waals surface area contributed by atoms with E-state index in [9.17, 15) is 9.18 Å². The van der Waals surface area contributed by atoms with Gasteiger partial charge < -0.3 is 10.1 Å². The summed E-state index contributed by atoms with van der Waals surface area (Å²) < 4.78 is 18.3. The molecule has 3 nitrogen and oxygen atoms in total. The highest BCUT2D eigenvalue weighted by molar-refractivity contribution is 5.94. The van der Waals surface area contributed by atoms with Crippen LogP contribution in [0.25, 0.3) is 0 Å². The average Bonchev–Trinajstić information content (AvgIpc) is 2.46. The van der Waals surface area contributed by atoms with E-state index < -0.39 is 0 Å². The maximum Gasteiger partial charge on any atom is 0.251 e. The van der Waals surface area contributed by atoms with Gasteiger partial charge in [-0.2, -0.15) is 0 Å². The fourth-order valence-corrected chi connectivity index (χ4v) is 1.84. The predicted molar refractivity (Wildman–Crippen MR) is 79.8 cm³/mol. The molecule has 0 fully saturated rings. The molecule has 0 aliphatic heterocycles. The first-order chi connectivity index (χ1) is 10.0. The van der Waals surface area contributed by atoms with Crippen LogP contribution in [0.5, 0.6) is 5.75 Å². The molecule has 110 valence electrons. The lowest BCUT2D eigenvalue weighted by Crippen LogP contribution is -2.22. The van der Waals surface area contributed by atoms with Gasteiger partial charge in [0.2, 0.25) is 0 Å². The number of benzene rings is 2. The van der Waals surface area contributed by atoms with Crippen LogP contribution in [0.3, 0.4) is 0 Å². The van der Waals surface area contributed by atoms with Crippen LogP contribution in [0.15, 0.2) is 48.5 Å². The van der Waals surface area contributed by atoms with Crippen molar-refractivity contribution in [3.8, 4) is 5.75 Å². The number of carbonyl (C=O) groups excluding carboxylic acids is 1. The summed E-state index contributed by atoms with van der Waals surface area (Å²) in [6, 6.07) is 13.0. The second-order valence-corrected chi connectivity index (χ2v) is 5.00. The number of amides is 1. The lowest BCUT2D eigenvalue weighted by molar-refractivity contribution is 0.0951. The summed E-state index contributed by atoms with van der Waals surface area (Å²) in [6.45, 7) is 4.35. The third-order valence-electron chi connectivity index (χ3n) is 2.85. The maximum absolute atomic E-state index is 12.8. The molecule has 0 saturated heterocycles. The van der Waals surface area contributed by atoms with Crippen molar-refractivity contribution in [1.29, 1.82) is 0 Å². The molecule has 1 amide bonds. The van der Waals surface area contributed by atoms with Crippen molar-refractivity contribution < 1.29 is 13.9 Å². The lowest BCUT2D eigenvalue weighted by Gasteiger charge is -2.10. The minimum atomic E-state index is -0.354. The average molecular weight is 287 g/mol. The molecule has 0 bridgehead atoms. The monoisotopic (exact) mass is 287 g/mol. The molecule has 0 saturated carbocycles. The van der Waals surface area contributed by atoms with E-state index in [2.05, 4.69) is 5.32 Å². The molecule has 1 N–H and O–H groups in total. The molecule has 0 unspecified atom stereocenters. The fourth-order valence-electron chi connectivity index (χ4n) is 1.84. The molecule has 0 aliphatic carbocycles. The highest BCUT2D eigenvalue weighted by Gasteiger charge is 2.05. The summed E-state index contributed by atoms with van der Waals surface area (Å²) >= 11 is 0. The molecule has 2 aromatic rings. The second-order valence-electron chi connectivity index (χ2n) is 5.00. The number of ether oxygens (including phenoxy) is 1. The third kappa shape index (κ3) is 4.60. The van der Waals surface area contributed by atoms with E-state index in [0.29, 0.717) is 12.1 Å². The zero-order valence-corrected chi connectivity index (χ0v) is 12.1. The highest BCUT2D eigenvalue weighted by atomic mass is 19.1. The highest BCUT2D eigenvalue weighted by Crippen LogP contribution is 2.13.